The quantitative estimate of drug-likeness (QED) is 0.561. The monoisotopic (exact) mass is 469 g/mol. The zero-order valence-corrected chi connectivity index (χ0v) is 18.3. The molecule has 10 heteroatoms. The molecule has 0 saturated heterocycles. The lowest BCUT2D eigenvalue weighted by Crippen LogP contribution is -2.43. The van der Waals surface area contributed by atoms with Crippen LogP contribution in [0.5, 0.6) is 23.0 Å². The molecule has 0 fully saturated rings. The van der Waals surface area contributed by atoms with Gasteiger partial charge in [0.2, 0.25) is 13.6 Å². The average molecular weight is 469 g/mol. The minimum absolute atomic E-state index is 0.00822. The summed E-state index contributed by atoms with van der Waals surface area (Å²) < 4.78 is 22.4. The summed E-state index contributed by atoms with van der Waals surface area (Å²) in [6.45, 7) is 1.28. The van der Waals surface area contributed by atoms with Crippen molar-refractivity contribution in [3.05, 3.63) is 58.7 Å². The maximum absolute atomic E-state index is 11.0. The molecule has 178 valence electrons. The third kappa shape index (κ3) is 3.80. The standard InChI is InChI=1S/C20H19NO5.C4H4O4/c1-21-7-13-11(2-3-15-20(13)26-9-23-15)18-14(22)4-10-5-16-17(25-8-24-16)6-12(10)19(18)21;5-3(6)1-2-4(7)8/h2-3,5-6,14,18-19,22H,4,7-9H2,1H3;1-2H,(H,5,6)(H,7,8)/b;2-1+/t14-,18-,19+;/m0./s1. The summed E-state index contributed by atoms with van der Waals surface area (Å²) in [6.07, 6.45) is 1.26. The molecule has 34 heavy (non-hydrogen) atoms. The summed E-state index contributed by atoms with van der Waals surface area (Å²) in [5.41, 5.74) is 4.65. The number of hydrogen-bond donors (Lipinski definition) is 3. The first-order chi connectivity index (χ1) is 16.3. The Balaban J connectivity index is 0.000000262. The number of benzene rings is 2. The van der Waals surface area contributed by atoms with Crippen molar-refractivity contribution in [2.24, 2.45) is 0 Å². The number of ether oxygens (including phenoxy) is 4. The number of carboxylic acids is 2. The number of aliphatic hydroxyl groups excluding tert-OH is 1. The summed E-state index contributed by atoms with van der Waals surface area (Å²) in [5.74, 6) is 0.674. The highest BCUT2D eigenvalue weighted by atomic mass is 16.7. The topological polar surface area (TPSA) is 135 Å². The minimum Gasteiger partial charge on any atom is -0.478 e. The smallest absolute Gasteiger partial charge is 0.328 e. The normalized spacial score (nSPS) is 23.4. The summed E-state index contributed by atoms with van der Waals surface area (Å²) in [7, 11) is 2.10. The van der Waals surface area contributed by atoms with Crippen molar-refractivity contribution in [2.45, 2.75) is 31.0 Å². The summed E-state index contributed by atoms with van der Waals surface area (Å²) in [6, 6.07) is 8.27. The molecule has 6 rings (SSSR count). The van der Waals surface area contributed by atoms with E-state index in [9.17, 15) is 14.7 Å². The highest BCUT2D eigenvalue weighted by Crippen LogP contribution is 2.54. The van der Waals surface area contributed by atoms with E-state index < -0.39 is 18.0 Å². The van der Waals surface area contributed by atoms with Gasteiger partial charge in [0.05, 0.1) is 6.10 Å². The lowest BCUT2D eigenvalue weighted by Gasteiger charge is -2.46. The molecule has 4 aliphatic rings. The van der Waals surface area contributed by atoms with Crippen LogP contribution in [0.3, 0.4) is 0 Å². The molecule has 3 heterocycles. The second kappa shape index (κ2) is 8.54. The first-order valence-electron chi connectivity index (χ1n) is 10.7. The zero-order chi connectivity index (χ0) is 24.0. The predicted molar refractivity (Wildman–Crippen MR) is 116 cm³/mol. The molecule has 0 aromatic heterocycles. The molecule has 0 amide bonds. The minimum atomic E-state index is -1.26. The van der Waals surface area contributed by atoms with E-state index in [1.165, 1.54) is 5.56 Å². The number of aliphatic hydroxyl groups is 1. The maximum Gasteiger partial charge on any atom is 0.328 e. The Bertz CT molecular complexity index is 1170. The Kier molecular flexibility index (Phi) is 5.54. The van der Waals surface area contributed by atoms with Gasteiger partial charge in [-0.2, -0.15) is 0 Å². The van der Waals surface area contributed by atoms with Gasteiger partial charge in [-0.15, -0.1) is 0 Å². The van der Waals surface area contributed by atoms with E-state index in [2.05, 4.69) is 24.1 Å². The van der Waals surface area contributed by atoms with E-state index in [-0.39, 0.29) is 25.5 Å². The molecule has 0 unspecified atom stereocenters. The number of fused-ring (bicyclic) bond motifs is 8. The van der Waals surface area contributed by atoms with Crippen molar-refractivity contribution >= 4 is 11.9 Å². The Morgan fingerprint density at radius 2 is 1.59 bits per heavy atom. The number of nitrogens with zero attached hydrogens (tertiary/aromatic N) is 1. The van der Waals surface area contributed by atoms with Crippen molar-refractivity contribution in [3.63, 3.8) is 0 Å². The van der Waals surface area contributed by atoms with Crippen molar-refractivity contribution in [2.75, 3.05) is 20.6 Å². The van der Waals surface area contributed by atoms with E-state index in [0.29, 0.717) is 18.6 Å². The molecule has 3 aliphatic heterocycles. The molecule has 0 saturated carbocycles. The van der Waals surface area contributed by atoms with Crippen molar-refractivity contribution in [1.82, 2.24) is 4.90 Å². The summed E-state index contributed by atoms with van der Waals surface area (Å²) >= 11 is 0. The van der Waals surface area contributed by atoms with Crippen LogP contribution in [0, 0.1) is 0 Å². The van der Waals surface area contributed by atoms with E-state index >= 15 is 0 Å². The van der Waals surface area contributed by atoms with Crippen LogP contribution in [-0.2, 0) is 22.6 Å². The molecule has 1 aliphatic carbocycles. The third-order valence-corrected chi connectivity index (χ3v) is 6.43. The number of carboxylic acid groups (broad SMARTS) is 2. The van der Waals surface area contributed by atoms with Gasteiger partial charge in [0.25, 0.3) is 0 Å². The Labute approximate surface area is 194 Å². The van der Waals surface area contributed by atoms with Gasteiger partial charge < -0.3 is 34.3 Å². The lowest BCUT2D eigenvalue weighted by atomic mass is 9.70. The number of aliphatic carboxylic acids is 2. The van der Waals surface area contributed by atoms with Crippen LogP contribution >= 0.6 is 0 Å². The van der Waals surface area contributed by atoms with Gasteiger partial charge in [0.1, 0.15) is 0 Å². The zero-order valence-electron chi connectivity index (χ0n) is 18.3. The first kappa shape index (κ1) is 22.1. The van der Waals surface area contributed by atoms with Crippen molar-refractivity contribution in [3.8, 4) is 23.0 Å². The van der Waals surface area contributed by atoms with Gasteiger partial charge >= 0.3 is 11.9 Å². The van der Waals surface area contributed by atoms with Gasteiger partial charge in [0, 0.05) is 36.2 Å². The largest absolute Gasteiger partial charge is 0.478 e. The predicted octanol–water partition coefficient (Wildman–Crippen LogP) is 2.04. The second-order valence-electron chi connectivity index (χ2n) is 8.44. The van der Waals surface area contributed by atoms with Gasteiger partial charge in [-0.25, -0.2) is 9.59 Å². The molecular weight excluding hydrogens is 446 g/mol. The highest BCUT2D eigenvalue weighted by molar-refractivity contribution is 5.89. The number of likely N-dealkylation sites (N-methyl/N-ethyl adjacent to an activating group) is 1. The van der Waals surface area contributed by atoms with Crippen molar-refractivity contribution in [1.29, 1.82) is 0 Å². The number of carbonyl (C=O) groups is 2. The van der Waals surface area contributed by atoms with E-state index in [4.69, 9.17) is 29.2 Å². The average Bonchev–Trinajstić information content (AvgIpc) is 3.45. The first-order valence-corrected chi connectivity index (χ1v) is 10.7. The van der Waals surface area contributed by atoms with E-state index in [1.807, 2.05) is 12.1 Å². The SMILES string of the molecule is CN1Cc2c(ccc3c2OCO3)[C@@H]2[C@H]1c1cc3c(cc1C[C@@H]2O)OCO3.O=C(O)/C=C/C(=O)O. The number of rotatable bonds is 2. The molecule has 10 nitrogen and oxygen atoms in total. The van der Waals surface area contributed by atoms with E-state index in [1.54, 1.807) is 0 Å². The summed E-state index contributed by atoms with van der Waals surface area (Å²) in [4.78, 5) is 21.4. The van der Waals surface area contributed by atoms with E-state index in [0.717, 1.165) is 46.2 Å². The fourth-order valence-electron chi connectivity index (χ4n) is 5.11. The highest BCUT2D eigenvalue weighted by Gasteiger charge is 2.45. The molecule has 3 atom stereocenters. The van der Waals surface area contributed by atoms with Crippen LogP contribution in [0.2, 0.25) is 0 Å². The summed E-state index contributed by atoms with van der Waals surface area (Å²) in [5, 5.41) is 26.7. The molecule has 0 radical (unpaired) electrons. The molecular formula is C24H23NO9. The van der Waals surface area contributed by atoms with Gasteiger partial charge in [-0.05, 0) is 48.4 Å². The van der Waals surface area contributed by atoms with Gasteiger partial charge in [-0.1, -0.05) is 6.07 Å². The van der Waals surface area contributed by atoms with Crippen LogP contribution in [0.4, 0.5) is 0 Å². The fourth-order valence-corrected chi connectivity index (χ4v) is 5.11. The van der Waals surface area contributed by atoms with Crippen LogP contribution in [0.15, 0.2) is 36.4 Å². The van der Waals surface area contributed by atoms with Crippen LogP contribution < -0.4 is 18.9 Å². The van der Waals surface area contributed by atoms with Crippen LogP contribution in [0.25, 0.3) is 0 Å². The van der Waals surface area contributed by atoms with Gasteiger partial charge in [-0.3, -0.25) is 4.90 Å². The van der Waals surface area contributed by atoms with Gasteiger partial charge in [0.15, 0.2) is 23.0 Å². The molecule has 2 aromatic rings. The number of hydrogen-bond acceptors (Lipinski definition) is 8. The van der Waals surface area contributed by atoms with Crippen LogP contribution in [0.1, 0.15) is 34.2 Å². The maximum atomic E-state index is 11.0. The van der Waals surface area contributed by atoms with Crippen LogP contribution in [-0.4, -0.2) is 58.9 Å². The molecule has 2 aromatic carbocycles. The Morgan fingerprint density at radius 3 is 2.29 bits per heavy atom. The molecule has 0 spiro atoms. The molecule has 3 N–H and O–H groups in total. The Morgan fingerprint density at radius 1 is 0.941 bits per heavy atom. The lowest BCUT2D eigenvalue weighted by molar-refractivity contribution is -0.134. The third-order valence-electron chi connectivity index (χ3n) is 6.43. The fraction of sp³-hybridized carbons (Fsp3) is 0.333. The van der Waals surface area contributed by atoms with Crippen molar-refractivity contribution < 1.29 is 43.9 Å². The Hall–Kier alpha value is -3.76. The molecule has 0 bridgehead atoms. The second-order valence-corrected chi connectivity index (χ2v) is 8.44.